The molecule has 0 saturated carbocycles. The third kappa shape index (κ3) is 4.50. The van der Waals surface area contributed by atoms with E-state index in [1.54, 1.807) is 35.7 Å². The van der Waals surface area contributed by atoms with Gasteiger partial charge >= 0.3 is 5.97 Å². The Morgan fingerprint density at radius 1 is 1.11 bits per heavy atom. The van der Waals surface area contributed by atoms with Crippen molar-refractivity contribution in [1.82, 2.24) is 0 Å². The standard InChI is InChI=1S/C20H13BrFNO3S/c21-14-8-5-12(6-9-14)15-11-27-19(18(15)20(25)26)23-17(24)10-7-13-3-1-2-4-16(13)22/h1-11H,(H,23,24)(H,25,26). The number of anilines is 1. The van der Waals surface area contributed by atoms with Crippen LogP contribution in [0.5, 0.6) is 0 Å². The Morgan fingerprint density at radius 2 is 1.81 bits per heavy atom. The Bertz CT molecular complexity index is 1030. The molecule has 1 heterocycles. The first-order chi connectivity index (χ1) is 13.0. The lowest BCUT2D eigenvalue weighted by Gasteiger charge is -2.04. The summed E-state index contributed by atoms with van der Waals surface area (Å²) in [6.45, 7) is 0. The van der Waals surface area contributed by atoms with Gasteiger partial charge in [-0.05, 0) is 29.8 Å². The van der Waals surface area contributed by atoms with Crippen molar-refractivity contribution < 1.29 is 19.1 Å². The Morgan fingerprint density at radius 3 is 2.48 bits per heavy atom. The van der Waals surface area contributed by atoms with E-state index in [-0.39, 0.29) is 16.1 Å². The summed E-state index contributed by atoms with van der Waals surface area (Å²) in [6, 6.07) is 13.3. The van der Waals surface area contributed by atoms with Gasteiger partial charge in [0.2, 0.25) is 5.91 Å². The van der Waals surface area contributed by atoms with Gasteiger partial charge in [-0.15, -0.1) is 11.3 Å². The number of hydrogen-bond acceptors (Lipinski definition) is 3. The van der Waals surface area contributed by atoms with Crippen LogP contribution < -0.4 is 5.32 Å². The second kappa shape index (κ2) is 8.28. The summed E-state index contributed by atoms with van der Waals surface area (Å²) in [4.78, 5) is 23.9. The first-order valence-corrected chi connectivity index (χ1v) is 9.47. The van der Waals surface area contributed by atoms with E-state index in [2.05, 4.69) is 21.2 Å². The van der Waals surface area contributed by atoms with Gasteiger partial charge in [0, 0.05) is 27.1 Å². The molecule has 0 atom stereocenters. The Hall–Kier alpha value is -2.77. The SMILES string of the molecule is O=C(C=Cc1ccccc1F)Nc1scc(-c2ccc(Br)cc2)c1C(=O)O. The van der Waals surface area contributed by atoms with Gasteiger partial charge in [-0.25, -0.2) is 9.18 Å². The van der Waals surface area contributed by atoms with Crippen LogP contribution in [-0.4, -0.2) is 17.0 Å². The number of nitrogens with one attached hydrogen (secondary N) is 1. The van der Waals surface area contributed by atoms with Crippen LogP contribution in [-0.2, 0) is 4.79 Å². The van der Waals surface area contributed by atoms with Crippen molar-refractivity contribution in [3.05, 3.63) is 81.4 Å². The molecule has 1 aromatic heterocycles. The number of carboxylic acid groups (broad SMARTS) is 1. The first kappa shape index (κ1) is 19.0. The average molecular weight is 446 g/mol. The molecule has 0 radical (unpaired) electrons. The highest BCUT2D eigenvalue weighted by Gasteiger charge is 2.20. The summed E-state index contributed by atoms with van der Waals surface area (Å²) >= 11 is 4.46. The van der Waals surface area contributed by atoms with Crippen LogP contribution in [0, 0.1) is 5.82 Å². The number of amides is 1. The topological polar surface area (TPSA) is 66.4 Å². The van der Waals surface area contributed by atoms with E-state index in [9.17, 15) is 19.1 Å². The highest BCUT2D eigenvalue weighted by molar-refractivity contribution is 9.10. The van der Waals surface area contributed by atoms with E-state index in [4.69, 9.17) is 0 Å². The van der Waals surface area contributed by atoms with Crippen LogP contribution in [0.15, 0.2) is 64.5 Å². The number of carbonyl (C=O) groups excluding carboxylic acids is 1. The van der Waals surface area contributed by atoms with Crippen LogP contribution in [0.4, 0.5) is 9.39 Å². The minimum absolute atomic E-state index is 0.0231. The molecule has 0 bridgehead atoms. The van der Waals surface area contributed by atoms with Crippen LogP contribution in [0.3, 0.4) is 0 Å². The fourth-order valence-electron chi connectivity index (χ4n) is 2.43. The van der Waals surface area contributed by atoms with E-state index in [0.717, 1.165) is 21.4 Å². The van der Waals surface area contributed by atoms with Crippen molar-refractivity contribution >= 4 is 50.2 Å². The van der Waals surface area contributed by atoms with Crippen molar-refractivity contribution in [1.29, 1.82) is 0 Å². The molecule has 2 N–H and O–H groups in total. The average Bonchev–Trinajstić information content (AvgIpc) is 3.05. The number of rotatable bonds is 5. The number of hydrogen-bond donors (Lipinski definition) is 2. The quantitative estimate of drug-likeness (QED) is 0.497. The Balaban J connectivity index is 1.85. The second-order valence-electron chi connectivity index (χ2n) is 5.51. The number of aromatic carboxylic acids is 1. The van der Waals surface area contributed by atoms with Crippen LogP contribution in [0.1, 0.15) is 15.9 Å². The van der Waals surface area contributed by atoms with Gasteiger partial charge in [0.05, 0.1) is 0 Å². The third-order valence-electron chi connectivity index (χ3n) is 3.72. The zero-order chi connectivity index (χ0) is 19.4. The smallest absolute Gasteiger partial charge is 0.339 e. The van der Waals surface area contributed by atoms with Crippen molar-refractivity contribution in [2.45, 2.75) is 0 Å². The maximum atomic E-state index is 13.6. The molecule has 27 heavy (non-hydrogen) atoms. The highest BCUT2D eigenvalue weighted by Crippen LogP contribution is 2.36. The van der Waals surface area contributed by atoms with Gasteiger partial charge in [0.15, 0.2) is 0 Å². The molecule has 0 aliphatic rings. The van der Waals surface area contributed by atoms with Gasteiger partial charge < -0.3 is 10.4 Å². The van der Waals surface area contributed by atoms with Crippen LogP contribution in [0.2, 0.25) is 0 Å². The number of halogens is 2. The Labute approximate surface area is 167 Å². The molecule has 7 heteroatoms. The molecule has 0 fully saturated rings. The van der Waals surface area contributed by atoms with E-state index in [1.807, 2.05) is 12.1 Å². The van der Waals surface area contributed by atoms with E-state index >= 15 is 0 Å². The Kier molecular flexibility index (Phi) is 5.83. The molecule has 1 amide bonds. The van der Waals surface area contributed by atoms with Gasteiger partial charge in [0.25, 0.3) is 0 Å². The minimum atomic E-state index is -1.14. The van der Waals surface area contributed by atoms with Gasteiger partial charge in [-0.1, -0.05) is 46.3 Å². The molecular formula is C20H13BrFNO3S. The minimum Gasteiger partial charge on any atom is -0.478 e. The second-order valence-corrected chi connectivity index (χ2v) is 7.30. The summed E-state index contributed by atoms with van der Waals surface area (Å²) in [5, 5.41) is 14.1. The van der Waals surface area contributed by atoms with Gasteiger partial charge in [0.1, 0.15) is 16.4 Å². The number of benzene rings is 2. The molecule has 4 nitrogen and oxygen atoms in total. The number of thiophene rings is 1. The lowest BCUT2D eigenvalue weighted by atomic mass is 10.0. The summed E-state index contributed by atoms with van der Waals surface area (Å²) in [5.41, 5.74) is 1.55. The fourth-order valence-corrected chi connectivity index (χ4v) is 3.66. The van der Waals surface area contributed by atoms with Crippen molar-refractivity contribution in [3.63, 3.8) is 0 Å². The predicted molar refractivity (Wildman–Crippen MR) is 108 cm³/mol. The fraction of sp³-hybridized carbons (Fsp3) is 0. The van der Waals surface area contributed by atoms with Crippen molar-refractivity contribution in [2.24, 2.45) is 0 Å². The molecule has 0 spiro atoms. The summed E-state index contributed by atoms with van der Waals surface area (Å²) < 4.78 is 14.5. The zero-order valence-corrected chi connectivity index (χ0v) is 16.2. The lowest BCUT2D eigenvalue weighted by molar-refractivity contribution is -0.111. The summed E-state index contributed by atoms with van der Waals surface area (Å²) in [6.07, 6.45) is 2.51. The summed E-state index contributed by atoms with van der Waals surface area (Å²) in [7, 11) is 0. The molecule has 136 valence electrons. The van der Waals surface area contributed by atoms with E-state index < -0.39 is 17.7 Å². The number of carbonyl (C=O) groups is 2. The van der Waals surface area contributed by atoms with Gasteiger partial charge in [-0.2, -0.15) is 0 Å². The maximum absolute atomic E-state index is 13.6. The predicted octanol–water partition coefficient (Wildman–Crippen LogP) is 5.67. The lowest BCUT2D eigenvalue weighted by Crippen LogP contribution is -2.10. The molecule has 0 unspecified atom stereocenters. The third-order valence-corrected chi connectivity index (χ3v) is 5.14. The van der Waals surface area contributed by atoms with Crippen LogP contribution in [0.25, 0.3) is 17.2 Å². The maximum Gasteiger partial charge on any atom is 0.339 e. The zero-order valence-electron chi connectivity index (χ0n) is 13.8. The first-order valence-electron chi connectivity index (χ1n) is 7.80. The molecule has 0 saturated heterocycles. The molecular weight excluding hydrogens is 433 g/mol. The highest BCUT2D eigenvalue weighted by atomic mass is 79.9. The monoisotopic (exact) mass is 445 g/mol. The van der Waals surface area contributed by atoms with Crippen molar-refractivity contribution in [3.8, 4) is 11.1 Å². The van der Waals surface area contributed by atoms with Crippen LogP contribution >= 0.6 is 27.3 Å². The van der Waals surface area contributed by atoms with E-state index in [1.165, 1.54) is 18.2 Å². The summed E-state index contributed by atoms with van der Waals surface area (Å²) in [5.74, 6) is -2.12. The molecule has 2 aromatic carbocycles. The molecule has 0 aliphatic carbocycles. The molecule has 3 aromatic rings. The van der Waals surface area contributed by atoms with Gasteiger partial charge in [-0.3, -0.25) is 4.79 Å². The van der Waals surface area contributed by atoms with E-state index in [0.29, 0.717) is 5.56 Å². The normalized spacial score (nSPS) is 10.9. The molecule has 3 rings (SSSR count). The number of carboxylic acids is 1. The van der Waals surface area contributed by atoms with Crippen molar-refractivity contribution in [2.75, 3.05) is 5.32 Å². The molecule has 0 aliphatic heterocycles. The largest absolute Gasteiger partial charge is 0.478 e.